The first-order chi connectivity index (χ1) is 17.1. The Hall–Kier alpha value is -3.78. The molecule has 0 fully saturated rings. The number of aryl methyl sites for hydroxylation is 4. The first-order valence-corrected chi connectivity index (χ1v) is 12.8. The van der Waals surface area contributed by atoms with Gasteiger partial charge in [-0.2, -0.15) is 0 Å². The van der Waals surface area contributed by atoms with Crippen molar-refractivity contribution < 1.29 is 4.74 Å². The fraction of sp³-hybridized carbons (Fsp3) is 0.235. The quantitative estimate of drug-likeness (QED) is 0.236. The van der Waals surface area contributed by atoms with Crippen LogP contribution in [0.4, 0.5) is 17.1 Å². The topological polar surface area (TPSA) is 12.5 Å². The van der Waals surface area contributed by atoms with Crippen LogP contribution in [0.3, 0.4) is 0 Å². The molecule has 0 atom stereocenters. The van der Waals surface area contributed by atoms with Gasteiger partial charge in [0.2, 0.25) is 0 Å². The van der Waals surface area contributed by atoms with Gasteiger partial charge in [0, 0.05) is 10.8 Å². The molecule has 1 heterocycles. The van der Waals surface area contributed by atoms with Crippen LogP contribution in [0, 0.1) is 27.7 Å². The Kier molecular flexibility index (Phi) is 4.95. The van der Waals surface area contributed by atoms with E-state index in [1.54, 1.807) is 0 Å². The van der Waals surface area contributed by atoms with Crippen molar-refractivity contribution in [3.63, 3.8) is 0 Å². The van der Waals surface area contributed by atoms with Gasteiger partial charge in [0.05, 0.1) is 17.1 Å². The van der Waals surface area contributed by atoms with Crippen LogP contribution >= 0.6 is 0 Å². The summed E-state index contributed by atoms with van der Waals surface area (Å²) < 4.78 is 6.88. The molecule has 0 spiro atoms. The van der Waals surface area contributed by atoms with E-state index in [1.165, 1.54) is 44.3 Å². The first-order valence-electron chi connectivity index (χ1n) is 12.8. The maximum absolute atomic E-state index is 6.88. The Bertz CT molecular complexity index is 1570. The molecule has 1 aliphatic rings. The van der Waals surface area contributed by atoms with Crippen molar-refractivity contribution in [1.29, 1.82) is 0 Å². The molecule has 0 radical (unpaired) electrons. The lowest BCUT2D eigenvalue weighted by molar-refractivity contribution is 0.488. The molecular formula is C34H33NO. The Balaban J connectivity index is 1.71. The average Bonchev–Trinajstić information content (AvgIpc) is 2.83. The summed E-state index contributed by atoms with van der Waals surface area (Å²) in [6.07, 6.45) is 0. The van der Waals surface area contributed by atoms with Crippen LogP contribution in [-0.2, 0) is 5.41 Å². The van der Waals surface area contributed by atoms with E-state index in [-0.39, 0.29) is 5.41 Å². The molecule has 0 aromatic heterocycles. The van der Waals surface area contributed by atoms with Gasteiger partial charge in [0.15, 0.2) is 11.5 Å². The molecule has 0 unspecified atom stereocenters. The number of rotatable bonds is 1. The van der Waals surface area contributed by atoms with Crippen molar-refractivity contribution in [3.8, 4) is 11.5 Å². The monoisotopic (exact) mass is 471 g/mol. The van der Waals surface area contributed by atoms with Crippen LogP contribution in [0.1, 0.15) is 48.6 Å². The second kappa shape index (κ2) is 7.86. The minimum absolute atomic E-state index is 0.0936. The van der Waals surface area contributed by atoms with Gasteiger partial charge in [-0.25, -0.2) is 0 Å². The molecule has 0 amide bonds. The van der Waals surface area contributed by atoms with Gasteiger partial charge < -0.3 is 9.64 Å². The van der Waals surface area contributed by atoms with E-state index in [1.807, 2.05) is 0 Å². The normalized spacial score (nSPS) is 13.0. The van der Waals surface area contributed by atoms with Crippen molar-refractivity contribution in [2.75, 3.05) is 4.90 Å². The molecule has 0 saturated heterocycles. The molecule has 0 saturated carbocycles. The molecular weight excluding hydrogens is 438 g/mol. The Morgan fingerprint density at radius 2 is 1.03 bits per heavy atom. The number of hydrogen-bond acceptors (Lipinski definition) is 2. The van der Waals surface area contributed by atoms with Crippen LogP contribution < -0.4 is 9.64 Å². The lowest BCUT2D eigenvalue weighted by atomic mass is 9.84. The van der Waals surface area contributed by atoms with Crippen LogP contribution in [0.2, 0.25) is 0 Å². The molecule has 5 aromatic carbocycles. The van der Waals surface area contributed by atoms with Gasteiger partial charge in [-0.05, 0) is 83.8 Å². The molecule has 1 aliphatic heterocycles. The molecule has 5 aromatic rings. The van der Waals surface area contributed by atoms with Crippen molar-refractivity contribution >= 4 is 38.6 Å². The summed E-state index contributed by atoms with van der Waals surface area (Å²) in [6, 6.07) is 26.6. The van der Waals surface area contributed by atoms with Crippen molar-refractivity contribution in [1.82, 2.24) is 0 Å². The maximum atomic E-state index is 6.88. The maximum Gasteiger partial charge on any atom is 0.159 e. The number of benzene rings is 5. The van der Waals surface area contributed by atoms with E-state index >= 15 is 0 Å². The fourth-order valence-electron chi connectivity index (χ4n) is 5.73. The molecule has 36 heavy (non-hydrogen) atoms. The van der Waals surface area contributed by atoms with Crippen molar-refractivity contribution in [2.24, 2.45) is 0 Å². The summed E-state index contributed by atoms with van der Waals surface area (Å²) in [6.45, 7) is 15.7. The van der Waals surface area contributed by atoms with Gasteiger partial charge in [0.25, 0.3) is 0 Å². The standard InChI is InChI=1S/C34H33NO/c1-20-10-8-12-27-25(20)14-16-29-32(27)36-33-28-13-9-11-21(2)26(28)15-17-30(33)35(29)31-22(3)18-24(19-23(31)4)34(5,6)7/h8-19H,1-7H3. The van der Waals surface area contributed by atoms with Gasteiger partial charge in [0.1, 0.15) is 0 Å². The zero-order valence-corrected chi connectivity index (χ0v) is 22.3. The summed E-state index contributed by atoms with van der Waals surface area (Å²) in [4.78, 5) is 2.43. The molecule has 6 rings (SSSR count). The molecule has 2 heteroatoms. The Labute approximate surface area is 214 Å². The number of hydrogen-bond donors (Lipinski definition) is 0. The number of anilines is 3. The smallest absolute Gasteiger partial charge is 0.159 e. The zero-order valence-electron chi connectivity index (χ0n) is 22.3. The minimum atomic E-state index is 0.0936. The summed E-state index contributed by atoms with van der Waals surface area (Å²) in [5.74, 6) is 1.85. The van der Waals surface area contributed by atoms with E-state index in [9.17, 15) is 0 Å². The zero-order chi connectivity index (χ0) is 25.4. The van der Waals surface area contributed by atoms with E-state index in [2.05, 4.69) is 126 Å². The second-order valence-electron chi connectivity index (χ2n) is 11.3. The number of fused-ring (bicyclic) bond motifs is 6. The predicted molar refractivity (Wildman–Crippen MR) is 154 cm³/mol. The van der Waals surface area contributed by atoms with E-state index in [4.69, 9.17) is 4.74 Å². The molecule has 2 nitrogen and oxygen atoms in total. The third-order valence-electron chi connectivity index (χ3n) is 7.69. The summed E-state index contributed by atoms with van der Waals surface area (Å²) >= 11 is 0. The highest BCUT2D eigenvalue weighted by Gasteiger charge is 2.31. The fourth-order valence-corrected chi connectivity index (χ4v) is 5.73. The minimum Gasteiger partial charge on any atom is -0.452 e. The van der Waals surface area contributed by atoms with Gasteiger partial charge in [-0.3, -0.25) is 0 Å². The summed E-state index contributed by atoms with van der Waals surface area (Å²) in [5.41, 5.74) is 9.91. The Morgan fingerprint density at radius 3 is 1.47 bits per heavy atom. The molecule has 180 valence electrons. The highest BCUT2D eigenvalue weighted by atomic mass is 16.5. The number of nitrogens with zero attached hydrogens (tertiary/aromatic N) is 1. The van der Waals surface area contributed by atoms with E-state index < -0.39 is 0 Å². The van der Waals surface area contributed by atoms with Crippen LogP contribution in [-0.4, -0.2) is 0 Å². The predicted octanol–water partition coefficient (Wildman–Crippen LogP) is 10.1. The largest absolute Gasteiger partial charge is 0.452 e. The van der Waals surface area contributed by atoms with E-state index in [0.29, 0.717) is 0 Å². The van der Waals surface area contributed by atoms with Gasteiger partial charge in [-0.15, -0.1) is 0 Å². The molecule has 0 aliphatic carbocycles. The van der Waals surface area contributed by atoms with Gasteiger partial charge >= 0.3 is 0 Å². The molecule has 0 bridgehead atoms. The lowest BCUT2D eigenvalue weighted by Crippen LogP contribution is -2.19. The third kappa shape index (κ3) is 3.32. The second-order valence-corrected chi connectivity index (χ2v) is 11.3. The lowest BCUT2D eigenvalue weighted by Gasteiger charge is -2.36. The van der Waals surface area contributed by atoms with Crippen LogP contribution in [0.25, 0.3) is 21.5 Å². The Morgan fingerprint density at radius 1 is 0.556 bits per heavy atom. The molecule has 0 N–H and O–H groups in total. The van der Waals surface area contributed by atoms with Gasteiger partial charge in [-0.1, -0.05) is 81.4 Å². The van der Waals surface area contributed by atoms with Crippen LogP contribution in [0.15, 0.2) is 72.8 Å². The van der Waals surface area contributed by atoms with E-state index in [0.717, 1.165) is 33.6 Å². The first kappa shape index (κ1) is 22.7. The van der Waals surface area contributed by atoms with Crippen molar-refractivity contribution in [3.05, 3.63) is 101 Å². The SMILES string of the molecule is Cc1cc(C(C)(C)C)cc(C)c1N1c2ccc3c(C)cccc3c2Oc2c1ccc1c(C)cccc21. The van der Waals surface area contributed by atoms with Crippen LogP contribution in [0.5, 0.6) is 11.5 Å². The highest BCUT2D eigenvalue weighted by Crippen LogP contribution is 2.56. The highest BCUT2D eigenvalue weighted by molar-refractivity contribution is 6.05. The summed E-state index contributed by atoms with van der Waals surface area (Å²) in [7, 11) is 0. The van der Waals surface area contributed by atoms with Crippen molar-refractivity contribution in [2.45, 2.75) is 53.9 Å². The third-order valence-corrected chi connectivity index (χ3v) is 7.69. The average molecular weight is 472 g/mol. The summed E-state index contributed by atoms with van der Waals surface area (Å²) in [5, 5.41) is 4.75. The number of ether oxygens (including phenoxy) is 1.